The van der Waals surface area contributed by atoms with Crippen molar-refractivity contribution in [3.05, 3.63) is 71.9 Å². The van der Waals surface area contributed by atoms with Crippen LogP contribution in [-0.2, 0) is 5.33 Å². The number of carbonyl (C=O) groups excluding carboxylic acids is 1. The van der Waals surface area contributed by atoms with Crippen molar-refractivity contribution < 1.29 is 4.79 Å². The Morgan fingerprint density at radius 1 is 1.10 bits per heavy atom. The van der Waals surface area contributed by atoms with Crippen LogP contribution in [0.4, 0.5) is 5.69 Å². The second-order valence-electron chi connectivity index (χ2n) is 4.70. The smallest absolute Gasteiger partial charge is 0.255 e. The molecule has 21 heavy (non-hydrogen) atoms. The van der Waals surface area contributed by atoms with Crippen molar-refractivity contribution in [3.8, 4) is 0 Å². The molecule has 0 radical (unpaired) electrons. The summed E-state index contributed by atoms with van der Waals surface area (Å²) >= 11 is 3.40. The highest BCUT2D eigenvalue weighted by Gasteiger charge is 2.07. The van der Waals surface area contributed by atoms with Gasteiger partial charge in [-0.25, -0.2) is 0 Å². The minimum absolute atomic E-state index is 0.118. The van der Waals surface area contributed by atoms with Crippen molar-refractivity contribution in [2.24, 2.45) is 0 Å². The van der Waals surface area contributed by atoms with Gasteiger partial charge >= 0.3 is 0 Å². The third kappa shape index (κ3) is 3.11. The molecule has 1 N–H and O–H groups in total. The first kappa shape index (κ1) is 13.8. The predicted molar refractivity (Wildman–Crippen MR) is 88.8 cm³/mol. The quantitative estimate of drug-likeness (QED) is 0.718. The molecule has 4 heteroatoms. The summed E-state index contributed by atoms with van der Waals surface area (Å²) in [4.78, 5) is 16.5. The fourth-order valence-corrected chi connectivity index (χ4v) is 2.47. The Balaban J connectivity index is 1.82. The maximum Gasteiger partial charge on any atom is 0.255 e. The molecular formula is C17H13BrN2O. The lowest BCUT2D eigenvalue weighted by Gasteiger charge is -2.06. The molecule has 3 nitrogen and oxygen atoms in total. The maximum absolute atomic E-state index is 12.3. The number of amides is 1. The first-order chi connectivity index (χ1) is 10.3. The summed E-state index contributed by atoms with van der Waals surface area (Å²) in [6.07, 6.45) is 1.74. The zero-order chi connectivity index (χ0) is 14.7. The van der Waals surface area contributed by atoms with E-state index in [1.807, 2.05) is 48.5 Å². The Morgan fingerprint density at radius 3 is 2.67 bits per heavy atom. The number of pyridine rings is 1. The van der Waals surface area contributed by atoms with E-state index in [9.17, 15) is 4.79 Å². The van der Waals surface area contributed by atoms with Crippen LogP contribution in [0.25, 0.3) is 10.9 Å². The number of fused-ring (bicyclic) bond motifs is 1. The first-order valence-corrected chi connectivity index (χ1v) is 7.69. The number of hydrogen-bond donors (Lipinski definition) is 1. The molecule has 0 aliphatic heterocycles. The number of benzene rings is 2. The Kier molecular flexibility index (Phi) is 3.97. The molecule has 1 aromatic heterocycles. The van der Waals surface area contributed by atoms with Crippen LogP contribution in [0.1, 0.15) is 15.9 Å². The van der Waals surface area contributed by atoms with Gasteiger partial charge in [-0.15, -0.1) is 0 Å². The third-order valence-corrected chi connectivity index (χ3v) is 3.88. The molecule has 0 aliphatic carbocycles. The number of alkyl halides is 1. The summed E-state index contributed by atoms with van der Waals surface area (Å²) in [5, 5.41) is 4.66. The SMILES string of the molecule is O=C(Nc1ccc(CBr)cc1)c1ccc2ncccc2c1. The Morgan fingerprint density at radius 2 is 1.90 bits per heavy atom. The van der Waals surface area contributed by atoms with Gasteiger partial charge in [-0.1, -0.05) is 34.1 Å². The number of nitrogens with one attached hydrogen (secondary N) is 1. The van der Waals surface area contributed by atoms with Crippen LogP contribution in [0.3, 0.4) is 0 Å². The standard InChI is InChI=1S/C17H13BrN2O/c18-11-12-3-6-15(7-4-12)20-17(21)14-5-8-16-13(10-14)2-1-9-19-16/h1-10H,11H2,(H,20,21). The summed E-state index contributed by atoms with van der Waals surface area (Å²) in [6.45, 7) is 0. The molecule has 0 aliphatic rings. The van der Waals surface area contributed by atoms with E-state index in [4.69, 9.17) is 0 Å². The van der Waals surface area contributed by atoms with Crippen LogP contribution in [0, 0.1) is 0 Å². The molecular weight excluding hydrogens is 328 g/mol. The van der Waals surface area contributed by atoms with Crippen molar-refractivity contribution in [2.45, 2.75) is 5.33 Å². The number of rotatable bonds is 3. The van der Waals surface area contributed by atoms with E-state index in [1.165, 1.54) is 5.56 Å². The van der Waals surface area contributed by atoms with Gasteiger partial charge in [0.25, 0.3) is 5.91 Å². The minimum atomic E-state index is -0.118. The second-order valence-corrected chi connectivity index (χ2v) is 5.26. The van der Waals surface area contributed by atoms with Crippen molar-refractivity contribution in [1.82, 2.24) is 4.98 Å². The molecule has 1 amide bonds. The van der Waals surface area contributed by atoms with Gasteiger partial charge in [0.05, 0.1) is 5.52 Å². The topological polar surface area (TPSA) is 42.0 Å². The molecule has 0 saturated carbocycles. The zero-order valence-corrected chi connectivity index (χ0v) is 12.8. The summed E-state index contributed by atoms with van der Waals surface area (Å²) in [5.41, 5.74) is 3.47. The summed E-state index contributed by atoms with van der Waals surface area (Å²) in [6, 6.07) is 17.1. The molecule has 104 valence electrons. The fourth-order valence-electron chi connectivity index (χ4n) is 2.10. The van der Waals surface area contributed by atoms with Gasteiger partial charge in [-0.05, 0) is 42.0 Å². The van der Waals surface area contributed by atoms with Crippen LogP contribution in [0.5, 0.6) is 0 Å². The van der Waals surface area contributed by atoms with E-state index in [0.29, 0.717) is 5.56 Å². The normalized spacial score (nSPS) is 10.5. The average molecular weight is 341 g/mol. The van der Waals surface area contributed by atoms with Gasteiger partial charge in [0.2, 0.25) is 0 Å². The molecule has 0 atom stereocenters. The number of hydrogen-bond acceptors (Lipinski definition) is 2. The van der Waals surface area contributed by atoms with Gasteiger partial charge < -0.3 is 5.32 Å². The highest BCUT2D eigenvalue weighted by molar-refractivity contribution is 9.08. The van der Waals surface area contributed by atoms with Crippen LogP contribution < -0.4 is 5.32 Å². The van der Waals surface area contributed by atoms with Crippen LogP contribution in [0.15, 0.2) is 60.8 Å². The van der Waals surface area contributed by atoms with Crippen LogP contribution in [0.2, 0.25) is 0 Å². The van der Waals surface area contributed by atoms with Crippen LogP contribution >= 0.6 is 15.9 Å². The van der Waals surface area contributed by atoms with Crippen LogP contribution in [-0.4, -0.2) is 10.9 Å². The van der Waals surface area contributed by atoms with Gasteiger partial charge in [-0.3, -0.25) is 9.78 Å². The van der Waals surface area contributed by atoms with E-state index in [0.717, 1.165) is 21.9 Å². The molecule has 1 heterocycles. The van der Waals surface area contributed by atoms with Crippen molar-refractivity contribution in [2.75, 3.05) is 5.32 Å². The number of nitrogens with zero attached hydrogens (tertiary/aromatic N) is 1. The van der Waals surface area contributed by atoms with E-state index in [-0.39, 0.29) is 5.91 Å². The largest absolute Gasteiger partial charge is 0.322 e. The van der Waals surface area contributed by atoms with Gasteiger partial charge in [0, 0.05) is 28.2 Å². The van der Waals surface area contributed by atoms with Gasteiger partial charge in [-0.2, -0.15) is 0 Å². The van der Waals surface area contributed by atoms with E-state index in [2.05, 4.69) is 26.2 Å². The predicted octanol–water partition coefficient (Wildman–Crippen LogP) is 4.38. The van der Waals surface area contributed by atoms with Crippen molar-refractivity contribution in [3.63, 3.8) is 0 Å². The minimum Gasteiger partial charge on any atom is -0.322 e. The van der Waals surface area contributed by atoms with E-state index in [1.54, 1.807) is 12.3 Å². The average Bonchev–Trinajstić information content (AvgIpc) is 2.55. The highest BCUT2D eigenvalue weighted by Crippen LogP contribution is 2.16. The van der Waals surface area contributed by atoms with Gasteiger partial charge in [0.15, 0.2) is 0 Å². The Hall–Kier alpha value is -2.20. The van der Waals surface area contributed by atoms with Crippen molar-refractivity contribution >= 4 is 38.4 Å². The lowest BCUT2D eigenvalue weighted by molar-refractivity contribution is 0.102. The summed E-state index contributed by atoms with van der Waals surface area (Å²) in [5.74, 6) is -0.118. The lowest BCUT2D eigenvalue weighted by atomic mass is 10.1. The monoisotopic (exact) mass is 340 g/mol. The number of carbonyl (C=O) groups is 1. The molecule has 0 fully saturated rings. The number of halogens is 1. The van der Waals surface area contributed by atoms with E-state index >= 15 is 0 Å². The maximum atomic E-state index is 12.3. The summed E-state index contributed by atoms with van der Waals surface area (Å²) < 4.78 is 0. The molecule has 0 bridgehead atoms. The number of aromatic nitrogens is 1. The van der Waals surface area contributed by atoms with Crippen molar-refractivity contribution in [1.29, 1.82) is 0 Å². The lowest BCUT2D eigenvalue weighted by Crippen LogP contribution is -2.11. The fraction of sp³-hybridized carbons (Fsp3) is 0.0588. The molecule has 0 unspecified atom stereocenters. The summed E-state index contributed by atoms with van der Waals surface area (Å²) in [7, 11) is 0. The molecule has 0 spiro atoms. The Labute approximate surface area is 131 Å². The third-order valence-electron chi connectivity index (χ3n) is 3.23. The number of anilines is 1. The molecule has 3 aromatic rings. The zero-order valence-electron chi connectivity index (χ0n) is 11.2. The first-order valence-electron chi connectivity index (χ1n) is 6.57. The second kappa shape index (κ2) is 6.06. The van der Waals surface area contributed by atoms with Gasteiger partial charge in [0.1, 0.15) is 0 Å². The molecule has 2 aromatic carbocycles. The Bertz CT molecular complexity index is 784. The molecule has 3 rings (SSSR count). The molecule has 0 saturated heterocycles. The van der Waals surface area contributed by atoms with E-state index < -0.39 is 0 Å². The highest BCUT2D eigenvalue weighted by atomic mass is 79.9.